The van der Waals surface area contributed by atoms with E-state index in [0.717, 1.165) is 12.4 Å². The second-order valence-corrected chi connectivity index (χ2v) is 6.91. The van der Waals surface area contributed by atoms with Crippen molar-refractivity contribution in [3.8, 4) is 11.5 Å². The van der Waals surface area contributed by atoms with Gasteiger partial charge in [0.25, 0.3) is 0 Å². The Labute approximate surface area is 152 Å². The van der Waals surface area contributed by atoms with Crippen molar-refractivity contribution in [3.05, 3.63) is 36.5 Å². The van der Waals surface area contributed by atoms with Gasteiger partial charge in [-0.2, -0.15) is 13.2 Å². The van der Waals surface area contributed by atoms with Crippen LogP contribution < -0.4 is 4.90 Å². The van der Waals surface area contributed by atoms with Gasteiger partial charge in [0.1, 0.15) is 11.5 Å². The molecule has 0 atom stereocenters. The van der Waals surface area contributed by atoms with Crippen LogP contribution in [0.4, 0.5) is 19.0 Å². The molecule has 0 radical (unpaired) electrons. The molecular formula is C17H17F3N6O. The number of fused-ring (bicyclic) bond motifs is 1. The predicted octanol–water partition coefficient (Wildman–Crippen LogP) is 2.82. The maximum Gasteiger partial charge on any atom is 0.434 e. The highest BCUT2D eigenvalue weighted by Crippen LogP contribution is 2.29. The summed E-state index contributed by atoms with van der Waals surface area (Å²) in [6, 6.07) is 1.77. The number of ether oxygens (including phenoxy) is 1. The van der Waals surface area contributed by atoms with Crippen LogP contribution in [-0.2, 0) is 10.9 Å². The van der Waals surface area contributed by atoms with Crippen molar-refractivity contribution in [1.82, 2.24) is 24.3 Å². The second kappa shape index (κ2) is 6.15. The third-order valence-electron chi connectivity index (χ3n) is 4.31. The van der Waals surface area contributed by atoms with Gasteiger partial charge < -0.3 is 9.64 Å². The van der Waals surface area contributed by atoms with E-state index in [4.69, 9.17) is 4.74 Å². The third-order valence-corrected chi connectivity index (χ3v) is 4.31. The van der Waals surface area contributed by atoms with Gasteiger partial charge in [-0.1, -0.05) is 0 Å². The van der Waals surface area contributed by atoms with E-state index in [9.17, 15) is 13.2 Å². The number of hydrogen-bond donors (Lipinski definition) is 0. The van der Waals surface area contributed by atoms with Crippen molar-refractivity contribution in [3.63, 3.8) is 0 Å². The molecule has 0 bridgehead atoms. The van der Waals surface area contributed by atoms with Crippen molar-refractivity contribution < 1.29 is 17.9 Å². The Balaban J connectivity index is 1.74. The molecule has 4 heterocycles. The molecule has 0 aromatic carbocycles. The van der Waals surface area contributed by atoms with E-state index in [2.05, 4.69) is 24.8 Å². The lowest BCUT2D eigenvalue weighted by atomic mass is 10.1. The lowest BCUT2D eigenvalue weighted by Gasteiger charge is -2.38. The quantitative estimate of drug-likeness (QED) is 0.683. The second-order valence-electron chi connectivity index (χ2n) is 6.91. The SMILES string of the molecule is CC1(C)CN(c2ccnc(-c3cnc4cnc(C(F)(F)F)cn34)n2)CCO1. The number of anilines is 1. The summed E-state index contributed by atoms with van der Waals surface area (Å²) in [5.74, 6) is 0.986. The first-order valence-electron chi connectivity index (χ1n) is 8.36. The molecule has 0 amide bonds. The molecule has 3 aromatic heterocycles. The molecule has 1 aliphatic heterocycles. The fourth-order valence-electron chi connectivity index (χ4n) is 3.06. The van der Waals surface area contributed by atoms with E-state index < -0.39 is 11.9 Å². The molecule has 1 aliphatic rings. The molecule has 0 N–H and O–H groups in total. The number of nitrogens with zero attached hydrogens (tertiary/aromatic N) is 6. The van der Waals surface area contributed by atoms with Gasteiger partial charge in [0, 0.05) is 25.5 Å². The zero-order valence-corrected chi connectivity index (χ0v) is 14.7. The number of hydrogen-bond acceptors (Lipinski definition) is 6. The monoisotopic (exact) mass is 378 g/mol. The Morgan fingerprint density at radius 2 is 1.96 bits per heavy atom. The largest absolute Gasteiger partial charge is 0.434 e. The molecule has 3 aromatic rings. The molecule has 0 saturated carbocycles. The van der Waals surface area contributed by atoms with Crippen molar-refractivity contribution in [2.75, 3.05) is 24.6 Å². The lowest BCUT2D eigenvalue weighted by molar-refractivity contribution is -0.141. The van der Waals surface area contributed by atoms with Gasteiger partial charge in [0.05, 0.1) is 24.6 Å². The van der Waals surface area contributed by atoms with Crippen LogP contribution in [0.5, 0.6) is 0 Å². The van der Waals surface area contributed by atoms with E-state index >= 15 is 0 Å². The summed E-state index contributed by atoms with van der Waals surface area (Å²) in [5, 5.41) is 0. The number of imidazole rings is 1. The molecule has 1 saturated heterocycles. The van der Waals surface area contributed by atoms with Crippen molar-refractivity contribution in [2.24, 2.45) is 0 Å². The first-order valence-corrected chi connectivity index (χ1v) is 8.36. The minimum atomic E-state index is -4.54. The van der Waals surface area contributed by atoms with Gasteiger partial charge in [-0.15, -0.1) is 0 Å². The van der Waals surface area contributed by atoms with Gasteiger partial charge >= 0.3 is 6.18 Å². The molecule has 4 rings (SSSR count). The number of aromatic nitrogens is 5. The number of rotatable bonds is 2. The highest BCUT2D eigenvalue weighted by molar-refractivity contribution is 5.58. The molecular weight excluding hydrogens is 361 g/mol. The standard InChI is InChI=1S/C17H17F3N6O/c1-16(2)10-25(5-6-27-16)13-3-4-21-15(24-13)11-7-23-14-8-22-12(9-26(11)14)17(18,19)20/h3-4,7-9H,5-6,10H2,1-2H3. The third kappa shape index (κ3) is 3.44. The van der Waals surface area contributed by atoms with Gasteiger partial charge in [-0.25, -0.2) is 19.9 Å². The van der Waals surface area contributed by atoms with Crippen LogP contribution in [-0.4, -0.2) is 49.6 Å². The summed E-state index contributed by atoms with van der Waals surface area (Å²) in [5.41, 5.74) is -0.646. The maximum atomic E-state index is 13.0. The molecule has 0 aliphatic carbocycles. The van der Waals surface area contributed by atoms with E-state index in [0.29, 0.717) is 42.7 Å². The molecule has 7 nitrogen and oxygen atoms in total. The fourth-order valence-corrected chi connectivity index (χ4v) is 3.06. The Morgan fingerprint density at radius 1 is 1.15 bits per heavy atom. The zero-order valence-electron chi connectivity index (χ0n) is 14.7. The summed E-state index contributed by atoms with van der Waals surface area (Å²) in [6.07, 6.45) is 0.481. The molecule has 1 fully saturated rings. The molecule has 27 heavy (non-hydrogen) atoms. The van der Waals surface area contributed by atoms with Crippen molar-refractivity contribution in [1.29, 1.82) is 0 Å². The average molecular weight is 378 g/mol. The average Bonchev–Trinajstić information content (AvgIpc) is 3.03. The minimum Gasteiger partial charge on any atom is -0.372 e. The summed E-state index contributed by atoms with van der Waals surface area (Å²) < 4.78 is 46.0. The van der Waals surface area contributed by atoms with E-state index in [1.54, 1.807) is 12.3 Å². The molecule has 142 valence electrons. The number of alkyl halides is 3. The highest BCUT2D eigenvalue weighted by Gasteiger charge is 2.33. The molecule has 0 unspecified atom stereocenters. The van der Waals surface area contributed by atoms with Gasteiger partial charge in [-0.05, 0) is 19.9 Å². The lowest BCUT2D eigenvalue weighted by Crippen LogP contribution is -2.48. The Hall–Kier alpha value is -2.75. The summed E-state index contributed by atoms with van der Waals surface area (Å²) in [4.78, 5) is 18.4. The topological polar surface area (TPSA) is 68.4 Å². The smallest absolute Gasteiger partial charge is 0.372 e. The number of halogens is 3. The molecule has 0 spiro atoms. The molecule has 10 heteroatoms. The van der Waals surface area contributed by atoms with Gasteiger partial charge in [0.2, 0.25) is 0 Å². The minimum absolute atomic E-state index is 0.291. The Kier molecular flexibility index (Phi) is 4.02. The van der Waals surface area contributed by atoms with Crippen LogP contribution in [0, 0.1) is 0 Å². The van der Waals surface area contributed by atoms with Crippen LogP contribution in [0.2, 0.25) is 0 Å². The normalized spacial score (nSPS) is 17.4. The highest BCUT2D eigenvalue weighted by atomic mass is 19.4. The van der Waals surface area contributed by atoms with Crippen molar-refractivity contribution >= 4 is 11.5 Å². The van der Waals surface area contributed by atoms with Crippen LogP contribution in [0.15, 0.2) is 30.9 Å². The summed E-state index contributed by atoms with van der Waals surface area (Å²) >= 11 is 0. The summed E-state index contributed by atoms with van der Waals surface area (Å²) in [6.45, 7) is 5.89. The maximum absolute atomic E-state index is 13.0. The van der Waals surface area contributed by atoms with Gasteiger partial charge in [-0.3, -0.25) is 4.40 Å². The first kappa shape index (κ1) is 17.7. The Bertz CT molecular complexity index is 984. The van der Waals surface area contributed by atoms with Crippen molar-refractivity contribution in [2.45, 2.75) is 25.6 Å². The van der Waals surface area contributed by atoms with Gasteiger partial charge in [0.15, 0.2) is 17.2 Å². The zero-order chi connectivity index (χ0) is 19.2. The van der Waals surface area contributed by atoms with E-state index in [-0.39, 0.29) is 5.60 Å². The predicted molar refractivity (Wildman–Crippen MR) is 91.3 cm³/mol. The van der Waals surface area contributed by atoms with Crippen LogP contribution in [0.1, 0.15) is 19.5 Å². The van der Waals surface area contributed by atoms with Crippen LogP contribution in [0.25, 0.3) is 17.2 Å². The first-order chi connectivity index (χ1) is 12.7. The van der Waals surface area contributed by atoms with Crippen LogP contribution >= 0.6 is 0 Å². The summed E-state index contributed by atoms with van der Waals surface area (Å²) in [7, 11) is 0. The van der Waals surface area contributed by atoms with E-state index in [1.807, 2.05) is 13.8 Å². The fraction of sp³-hybridized carbons (Fsp3) is 0.412. The Morgan fingerprint density at radius 3 is 2.70 bits per heavy atom. The van der Waals surface area contributed by atoms with E-state index in [1.165, 1.54) is 10.6 Å². The van der Waals surface area contributed by atoms with Crippen LogP contribution in [0.3, 0.4) is 0 Å². The number of morpholine rings is 1.